The fraction of sp³-hybridized carbons (Fsp3) is 0. The summed E-state index contributed by atoms with van der Waals surface area (Å²) in [5, 5.41) is 3.50. The number of para-hydroxylation sites is 5. The minimum atomic E-state index is 1.00. The Labute approximate surface area is 312 Å². The SMILES string of the molecule is c1ccc2c(c1)-c1c(n(-c3ccc(-c4cccc5cccnc45)cc3)c3ccccc13)-c1ccccc1N2c1ccc(-c2cnc3ccccc3c2)cc1. The van der Waals surface area contributed by atoms with E-state index in [1.165, 1.54) is 33.3 Å². The highest BCUT2D eigenvalue weighted by Gasteiger charge is 2.31. The molecule has 0 aliphatic carbocycles. The molecule has 4 heteroatoms. The van der Waals surface area contributed by atoms with Gasteiger partial charge in [-0.2, -0.15) is 0 Å². The second-order valence-electron chi connectivity index (χ2n) is 13.8. The fourth-order valence-corrected chi connectivity index (χ4v) is 8.35. The summed E-state index contributed by atoms with van der Waals surface area (Å²) < 4.78 is 2.45. The van der Waals surface area contributed by atoms with Crippen LogP contribution in [0.3, 0.4) is 0 Å². The summed E-state index contributed by atoms with van der Waals surface area (Å²) in [5.41, 5.74) is 17.0. The quantitative estimate of drug-likeness (QED) is 0.185. The number of nitrogens with zero attached hydrogens (tertiary/aromatic N) is 4. The highest BCUT2D eigenvalue weighted by Crippen LogP contribution is 2.54. The second-order valence-corrected chi connectivity index (χ2v) is 13.8. The van der Waals surface area contributed by atoms with Crippen molar-refractivity contribution in [3.63, 3.8) is 0 Å². The van der Waals surface area contributed by atoms with E-state index in [1.54, 1.807) is 0 Å². The number of rotatable bonds is 4. The van der Waals surface area contributed by atoms with E-state index >= 15 is 0 Å². The van der Waals surface area contributed by atoms with Crippen molar-refractivity contribution in [2.24, 2.45) is 0 Å². The number of aromatic nitrogens is 3. The zero-order valence-corrected chi connectivity index (χ0v) is 29.3. The average Bonchev–Trinajstić information content (AvgIpc) is 3.52. The number of anilines is 3. The first-order valence-corrected chi connectivity index (χ1v) is 18.3. The summed E-state index contributed by atoms with van der Waals surface area (Å²) in [5.74, 6) is 0. The van der Waals surface area contributed by atoms with E-state index in [9.17, 15) is 0 Å². The third kappa shape index (κ3) is 4.70. The van der Waals surface area contributed by atoms with E-state index in [0.717, 1.165) is 66.8 Å². The van der Waals surface area contributed by atoms with Crippen LogP contribution in [-0.2, 0) is 0 Å². The molecule has 0 amide bonds. The first-order chi connectivity index (χ1) is 26.8. The number of pyridine rings is 2. The molecule has 0 saturated heterocycles. The van der Waals surface area contributed by atoms with Crippen molar-refractivity contribution < 1.29 is 0 Å². The molecule has 4 heterocycles. The number of fused-ring (bicyclic) bond motifs is 9. The van der Waals surface area contributed by atoms with E-state index in [0.29, 0.717) is 0 Å². The Hall–Kier alpha value is -7.30. The first-order valence-electron chi connectivity index (χ1n) is 18.3. The maximum Gasteiger partial charge on any atom is 0.0780 e. The molecule has 11 rings (SSSR count). The largest absolute Gasteiger partial charge is 0.309 e. The van der Waals surface area contributed by atoms with Crippen molar-refractivity contribution in [2.75, 3.05) is 4.90 Å². The monoisotopic (exact) mass is 688 g/mol. The van der Waals surface area contributed by atoms with Gasteiger partial charge in [-0.3, -0.25) is 9.97 Å². The predicted octanol–water partition coefficient (Wildman–Crippen LogP) is 13.2. The van der Waals surface area contributed by atoms with E-state index < -0.39 is 0 Å². The standard InChI is InChI=1S/C50H32N4/c1-5-18-44-36(11-1)31-37(32-52-44)33-22-26-38(27-23-33)53-45-19-6-2-14-41(45)48-42-15-3-7-20-46(42)54(50(48)43-16-4-8-21-47(43)53)39-28-24-34(25-29-39)40-17-9-12-35-13-10-30-51-49(35)40/h1-32H. The van der Waals surface area contributed by atoms with Crippen molar-refractivity contribution >= 4 is 49.8 Å². The van der Waals surface area contributed by atoms with Crippen LogP contribution < -0.4 is 4.90 Å². The van der Waals surface area contributed by atoms with Crippen LogP contribution in [-0.4, -0.2) is 14.5 Å². The van der Waals surface area contributed by atoms with Gasteiger partial charge in [0.05, 0.1) is 33.6 Å². The third-order valence-electron chi connectivity index (χ3n) is 10.8. The molecule has 0 fully saturated rings. The van der Waals surface area contributed by atoms with Gasteiger partial charge in [0.1, 0.15) is 0 Å². The van der Waals surface area contributed by atoms with Gasteiger partial charge in [0.2, 0.25) is 0 Å². The molecular formula is C50H32N4. The van der Waals surface area contributed by atoms with Crippen LogP contribution in [0.25, 0.3) is 83.0 Å². The van der Waals surface area contributed by atoms with Gasteiger partial charge >= 0.3 is 0 Å². The summed E-state index contributed by atoms with van der Waals surface area (Å²) in [6.07, 6.45) is 3.84. The van der Waals surface area contributed by atoms with Crippen LogP contribution in [0, 0.1) is 0 Å². The maximum atomic E-state index is 4.74. The lowest BCUT2D eigenvalue weighted by molar-refractivity contribution is 1.13. The van der Waals surface area contributed by atoms with Crippen LogP contribution in [0.2, 0.25) is 0 Å². The summed E-state index contributed by atoms with van der Waals surface area (Å²) in [6, 6.07) is 65.3. The summed E-state index contributed by atoms with van der Waals surface area (Å²) in [4.78, 5) is 11.9. The Morgan fingerprint density at radius 1 is 0.426 bits per heavy atom. The Morgan fingerprint density at radius 2 is 1.07 bits per heavy atom. The van der Waals surface area contributed by atoms with E-state index in [-0.39, 0.29) is 0 Å². The minimum Gasteiger partial charge on any atom is -0.309 e. The molecule has 3 aromatic heterocycles. The van der Waals surface area contributed by atoms with E-state index in [4.69, 9.17) is 9.97 Å². The normalized spacial score (nSPS) is 12.0. The molecule has 0 bridgehead atoms. The number of hydrogen-bond acceptors (Lipinski definition) is 3. The zero-order chi connectivity index (χ0) is 35.6. The smallest absolute Gasteiger partial charge is 0.0780 e. The lowest BCUT2D eigenvalue weighted by Gasteiger charge is -2.27. The lowest BCUT2D eigenvalue weighted by Crippen LogP contribution is -2.11. The molecule has 54 heavy (non-hydrogen) atoms. The lowest BCUT2D eigenvalue weighted by atomic mass is 9.98. The van der Waals surface area contributed by atoms with Crippen molar-refractivity contribution in [1.82, 2.24) is 14.5 Å². The Balaban J connectivity index is 1.09. The van der Waals surface area contributed by atoms with Crippen molar-refractivity contribution in [3.8, 4) is 50.3 Å². The van der Waals surface area contributed by atoms with Gasteiger partial charge < -0.3 is 9.47 Å². The highest BCUT2D eigenvalue weighted by molar-refractivity contribution is 6.13. The molecule has 1 aliphatic heterocycles. The van der Waals surface area contributed by atoms with Gasteiger partial charge in [0.25, 0.3) is 0 Å². The third-order valence-corrected chi connectivity index (χ3v) is 10.8. The molecule has 0 atom stereocenters. The van der Waals surface area contributed by atoms with Crippen LogP contribution in [0.15, 0.2) is 194 Å². The summed E-state index contributed by atoms with van der Waals surface area (Å²) in [6.45, 7) is 0. The molecule has 252 valence electrons. The van der Waals surface area contributed by atoms with Gasteiger partial charge in [-0.05, 0) is 71.8 Å². The zero-order valence-electron chi connectivity index (χ0n) is 29.3. The average molecular weight is 689 g/mol. The molecule has 0 unspecified atom stereocenters. The molecule has 0 radical (unpaired) electrons. The van der Waals surface area contributed by atoms with Crippen molar-refractivity contribution in [3.05, 3.63) is 194 Å². The first kappa shape index (κ1) is 30.3. The predicted molar refractivity (Wildman–Crippen MR) is 224 cm³/mol. The minimum absolute atomic E-state index is 1.00. The molecule has 4 nitrogen and oxygen atoms in total. The molecule has 0 spiro atoms. The summed E-state index contributed by atoms with van der Waals surface area (Å²) in [7, 11) is 0. The molecular weight excluding hydrogens is 657 g/mol. The Kier molecular flexibility index (Phi) is 6.82. The van der Waals surface area contributed by atoms with Gasteiger partial charge in [-0.15, -0.1) is 0 Å². The Morgan fingerprint density at radius 3 is 1.94 bits per heavy atom. The topological polar surface area (TPSA) is 34.0 Å². The van der Waals surface area contributed by atoms with E-state index in [2.05, 4.69) is 179 Å². The van der Waals surface area contributed by atoms with Crippen LogP contribution in [0.4, 0.5) is 17.1 Å². The molecule has 0 N–H and O–H groups in total. The van der Waals surface area contributed by atoms with Crippen molar-refractivity contribution in [2.45, 2.75) is 0 Å². The number of hydrogen-bond donors (Lipinski definition) is 0. The fourth-order valence-electron chi connectivity index (χ4n) is 8.35. The molecule has 0 saturated carbocycles. The number of benzene rings is 7. The maximum absolute atomic E-state index is 4.74. The van der Waals surface area contributed by atoms with Crippen molar-refractivity contribution in [1.29, 1.82) is 0 Å². The van der Waals surface area contributed by atoms with Gasteiger partial charge in [0, 0.05) is 67.7 Å². The van der Waals surface area contributed by atoms with Gasteiger partial charge in [0.15, 0.2) is 0 Å². The summed E-state index contributed by atoms with van der Waals surface area (Å²) >= 11 is 0. The highest BCUT2D eigenvalue weighted by atomic mass is 15.2. The van der Waals surface area contributed by atoms with Crippen LogP contribution in [0.5, 0.6) is 0 Å². The van der Waals surface area contributed by atoms with Crippen LogP contribution in [0.1, 0.15) is 0 Å². The molecule has 7 aromatic carbocycles. The molecule has 10 aromatic rings. The van der Waals surface area contributed by atoms with E-state index in [1.807, 2.05) is 24.5 Å². The second kappa shape index (κ2) is 12.1. The van der Waals surface area contributed by atoms with Gasteiger partial charge in [-0.1, -0.05) is 121 Å². The van der Waals surface area contributed by atoms with Gasteiger partial charge in [-0.25, -0.2) is 0 Å². The Bertz CT molecular complexity index is 3040. The molecule has 1 aliphatic rings. The van der Waals surface area contributed by atoms with Crippen LogP contribution >= 0.6 is 0 Å².